The number of hydrogen-bond donors (Lipinski definition) is 2. The summed E-state index contributed by atoms with van der Waals surface area (Å²) in [5.74, 6) is 1.48. The molecule has 4 nitrogen and oxygen atoms in total. The highest BCUT2D eigenvalue weighted by atomic mass is 16.5. The Morgan fingerprint density at radius 3 is 2.65 bits per heavy atom. The predicted octanol–water partition coefficient (Wildman–Crippen LogP) is 2.80. The molecule has 1 aliphatic rings. The number of carbonyl (C=O) groups is 1. The van der Waals surface area contributed by atoms with Crippen LogP contribution < -0.4 is 15.4 Å². The lowest BCUT2D eigenvalue weighted by molar-refractivity contribution is -0.119. The normalized spacial score (nSPS) is 22.6. The van der Waals surface area contributed by atoms with E-state index in [1.807, 2.05) is 38.1 Å². The molecule has 2 rings (SSSR count). The van der Waals surface area contributed by atoms with Crippen molar-refractivity contribution in [2.45, 2.75) is 45.8 Å². The standard InChI is InChI=1S/C16H24N2O2/c1-11(2)20-14-6-4-13(5-7-14)18-16(19)15-10-12(3)8-9-17-15/h4-7,11-12,15,17H,8-10H2,1-3H3,(H,18,19). The van der Waals surface area contributed by atoms with Gasteiger partial charge in [0, 0.05) is 5.69 Å². The maximum absolute atomic E-state index is 12.2. The molecule has 2 atom stereocenters. The number of amides is 1. The fourth-order valence-corrected chi connectivity index (χ4v) is 2.43. The molecule has 0 radical (unpaired) electrons. The summed E-state index contributed by atoms with van der Waals surface area (Å²) >= 11 is 0. The maximum Gasteiger partial charge on any atom is 0.241 e. The highest BCUT2D eigenvalue weighted by Crippen LogP contribution is 2.19. The van der Waals surface area contributed by atoms with Crippen LogP contribution in [0.2, 0.25) is 0 Å². The minimum atomic E-state index is -0.0784. The Morgan fingerprint density at radius 2 is 2.05 bits per heavy atom. The molecule has 1 aromatic carbocycles. The molecule has 1 aromatic rings. The lowest BCUT2D eigenvalue weighted by atomic mass is 9.94. The number of benzene rings is 1. The van der Waals surface area contributed by atoms with Crippen molar-refractivity contribution < 1.29 is 9.53 Å². The zero-order valence-electron chi connectivity index (χ0n) is 12.5. The Kier molecular flexibility index (Phi) is 5.01. The van der Waals surface area contributed by atoms with Gasteiger partial charge in [0.1, 0.15) is 5.75 Å². The Hall–Kier alpha value is -1.55. The van der Waals surface area contributed by atoms with Crippen molar-refractivity contribution in [2.75, 3.05) is 11.9 Å². The summed E-state index contributed by atoms with van der Waals surface area (Å²) in [6.45, 7) is 7.09. The van der Waals surface area contributed by atoms with Gasteiger partial charge in [0.2, 0.25) is 5.91 Å². The van der Waals surface area contributed by atoms with E-state index >= 15 is 0 Å². The Bertz CT molecular complexity index is 442. The largest absolute Gasteiger partial charge is 0.491 e. The number of piperidine rings is 1. The second-order valence-corrected chi connectivity index (χ2v) is 5.82. The van der Waals surface area contributed by atoms with Gasteiger partial charge >= 0.3 is 0 Å². The van der Waals surface area contributed by atoms with E-state index in [0.29, 0.717) is 5.92 Å². The van der Waals surface area contributed by atoms with Crippen LogP contribution in [-0.2, 0) is 4.79 Å². The minimum Gasteiger partial charge on any atom is -0.491 e. The fraction of sp³-hybridized carbons (Fsp3) is 0.562. The SMILES string of the molecule is CC1CCNC(C(=O)Nc2ccc(OC(C)C)cc2)C1. The lowest BCUT2D eigenvalue weighted by Gasteiger charge is -2.27. The van der Waals surface area contributed by atoms with Gasteiger partial charge in [-0.05, 0) is 63.4 Å². The van der Waals surface area contributed by atoms with Crippen molar-refractivity contribution >= 4 is 11.6 Å². The molecule has 0 bridgehead atoms. The van der Waals surface area contributed by atoms with Crippen molar-refractivity contribution in [2.24, 2.45) is 5.92 Å². The summed E-state index contributed by atoms with van der Waals surface area (Å²) in [6, 6.07) is 7.44. The Morgan fingerprint density at radius 1 is 1.35 bits per heavy atom. The number of anilines is 1. The molecular weight excluding hydrogens is 252 g/mol. The van der Waals surface area contributed by atoms with E-state index in [1.54, 1.807) is 0 Å². The first kappa shape index (κ1) is 14.9. The van der Waals surface area contributed by atoms with Crippen LogP contribution in [0.5, 0.6) is 5.75 Å². The third kappa shape index (κ3) is 4.23. The predicted molar refractivity (Wildman–Crippen MR) is 81.0 cm³/mol. The van der Waals surface area contributed by atoms with Crippen LogP contribution in [0.25, 0.3) is 0 Å². The van der Waals surface area contributed by atoms with Crippen molar-refractivity contribution in [3.05, 3.63) is 24.3 Å². The van der Waals surface area contributed by atoms with E-state index < -0.39 is 0 Å². The Balaban J connectivity index is 1.90. The van der Waals surface area contributed by atoms with E-state index in [9.17, 15) is 4.79 Å². The molecule has 1 aliphatic heterocycles. The summed E-state index contributed by atoms with van der Waals surface area (Å²) in [5.41, 5.74) is 0.811. The molecular formula is C16H24N2O2. The molecule has 20 heavy (non-hydrogen) atoms. The molecule has 4 heteroatoms. The van der Waals surface area contributed by atoms with Gasteiger partial charge in [-0.25, -0.2) is 0 Å². The highest BCUT2D eigenvalue weighted by Gasteiger charge is 2.24. The molecule has 0 spiro atoms. The maximum atomic E-state index is 12.2. The smallest absolute Gasteiger partial charge is 0.241 e. The molecule has 0 aliphatic carbocycles. The summed E-state index contributed by atoms with van der Waals surface area (Å²) in [5, 5.41) is 6.23. The van der Waals surface area contributed by atoms with E-state index in [-0.39, 0.29) is 18.1 Å². The second kappa shape index (κ2) is 6.75. The van der Waals surface area contributed by atoms with Crippen molar-refractivity contribution in [1.29, 1.82) is 0 Å². The second-order valence-electron chi connectivity index (χ2n) is 5.82. The molecule has 1 fully saturated rings. The topological polar surface area (TPSA) is 50.4 Å². The van der Waals surface area contributed by atoms with Crippen LogP contribution in [0.15, 0.2) is 24.3 Å². The van der Waals surface area contributed by atoms with Gasteiger partial charge in [0.05, 0.1) is 12.1 Å². The summed E-state index contributed by atoms with van der Waals surface area (Å²) in [4.78, 5) is 12.2. The van der Waals surface area contributed by atoms with Crippen LogP contribution in [0.1, 0.15) is 33.6 Å². The zero-order chi connectivity index (χ0) is 14.5. The van der Waals surface area contributed by atoms with Crippen molar-refractivity contribution in [3.63, 3.8) is 0 Å². The lowest BCUT2D eigenvalue weighted by Crippen LogP contribution is -2.45. The Labute approximate surface area is 120 Å². The minimum absolute atomic E-state index is 0.0501. The van der Waals surface area contributed by atoms with Gasteiger partial charge in [-0.15, -0.1) is 0 Å². The fourth-order valence-electron chi connectivity index (χ4n) is 2.43. The number of rotatable bonds is 4. The zero-order valence-corrected chi connectivity index (χ0v) is 12.5. The first-order valence-electron chi connectivity index (χ1n) is 7.35. The monoisotopic (exact) mass is 276 g/mol. The molecule has 0 saturated carbocycles. The average molecular weight is 276 g/mol. The molecule has 0 aromatic heterocycles. The third-order valence-electron chi connectivity index (χ3n) is 3.48. The van der Waals surface area contributed by atoms with Gasteiger partial charge in [0.25, 0.3) is 0 Å². The number of ether oxygens (including phenoxy) is 1. The summed E-state index contributed by atoms with van der Waals surface area (Å²) < 4.78 is 5.58. The van der Waals surface area contributed by atoms with E-state index in [4.69, 9.17) is 4.74 Å². The van der Waals surface area contributed by atoms with Gasteiger partial charge in [-0.2, -0.15) is 0 Å². The van der Waals surface area contributed by atoms with E-state index in [0.717, 1.165) is 30.8 Å². The van der Waals surface area contributed by atoms with Gasteiger partial charge in [-0.1, -0.05) is 6.92 Å². The van der Waals surface area contributed by atoms with Crippen molar-refractivity contribution in [1.82, 2.24) is 5.32 Å². The van der Waals surface area contributed by atoms with Crippen LogP contribution >= 0.6 is 0 Å². The molecule has 110 valence electrons. The average Bonchev–Trinajstić information content (AvgIpc) is 2.40. The van der Waals surface area contributed by atoms with Gasteiger partial charge in [-0.3, -0.25) is 4.79 Å². The summed E-state index contributed by atoms with van der Waals surface area (Å²) in [6.07, 6.45) is 2.20. The molecule has 1 amide bonds. The number of nitrogens with one attached hydrogen (secondary N) is 2. The number of hydrogen-bond acceptors (Lipinski definition) is 3. The van der Waals surface area contributed by atoms with Crippen LogP contribution in [-0.4, -0.2) is 24.6 Å². The van der Waals surface area contributed by atoms with Crippen LogP contribution in [0.3, 0.4) is 0 Å². The van der Waals surface area contributed by atoms with Crippen molar-refractivity contribution in [3.8, 4) is 5.75 Å². The van der Waals surface area contributed by atoms with Gasteiger partial charge < -0.3 is 15.4 Å². The van der Waals surface area contributed by atoms with E-state index in [2.05, 4.69) is 17.6 Å². The molecule has 2 unspecified atom stereocenters. The first-order valence-corrected chi connectivity index (χ1v) is 7.35. The van der Waals surface area contributed by atoms with Crippen LogP contribution in [0, 0.1) is 5.92 Å². The molecule has 1 saturated heterocycles. The van der Waals surface area contributed by atoms with Gasteiger partial charge in [0.15, 0.2) is 0 Å². The highest BCUT2D eigenvalue weighted by molar-refractivity contribution is 5.94. The third-order valence-corrected chi connectivity index (χ3v) is 3.48. The quantitative estimate of drug-likeness (QED) is 0.889. The molecule has 2 N–H and O–H groups in total. The number of carbonyl (C=O) groups excluding carboxylic acids is 1. The molecule has 1 heterocycles. The first-order chi connectivity index (χ1) is 9.54. The van der Waals surface area contributed by atoms with Crippen LogP contribution in [0.4, 0.5) is 5.69 Å². The van der Waals surface area contributed by atoms with E-state index in [1.165, 1.54) is 0 Å². The summed E-state index contributed by atoms with van der Waals surface area (Å²) in [7, 11) is 0.